The highest BCUT2D eigenvalue weighted by Crippen LogP contribution is 2.29. The Kier molecular flexibility index (Phi) is 4.64. The van der Waals surface area contributed by atoms with Gasteiger partial charge in [0.1, 0.15) is 5.75 Å². The smallest absolute Gasteiger partial charge is 0.339 e. The molecule has 0 aliphatic rings. The van der Waals surface area contributed by atoms with Crippen LogP contribution >= 0.6 is 11.8 Å². The third kappa shape index (κ3) is 2.90. The first-order valence-electron chi connectivity index (χ1n) is 4.81. The van der Waals surface area contributed by atoms with Gasteiger partial charge in [0.05, 0.1) is 6.61 Å². The van der Waals surface area contributed by atoms with Crippen LogP contribution in [-0.2, 0) is 9.53 Å². The minimum Gasteiger partial charge on any atom is -0.508 e. The maximum Gasteiger partial charge on any atom is 0.339 e. The molecule has 0 bridgehead atoms. The van der Waals surface area contributed by atoms with Crippen LogP contribution in [0.1, 0.15) is 18.6 Å². The van der Waals surface area contributed by atoms with E-state index in [4.69, 9.17) is 0 Å². The molecule has 2 N–H and O–H groups in total. The third-order valence-corrected chi connectivity index (χ3v) is 2.77. The molecule has 1 rings (SSSR count). The number of benzene rings is 1. The molecule has 16 heavy (non-hydrogen) atoms. The summed E-state index contributed by atoms with van der Waals surface area (Å²) in [7, 11) is 0. The highest BCUT2D eigenvalue weighted by molar-refractivity contribution is 7.98. The average Bonchev–Trinajstić information content (AvgIpc) is 2.28. The van der Waals surface area contributed by atoms with Gasteiger partial charge in [0.2, 0.25) is 0 Å². The quantitative estimate of drug-likeness (QED) is 0.621. The number of hydrogen-bond acceptors (Lipinski definition) is 5. The number of carbonyl (C=O) groups excluding carboxylic acids is 1. The lowest BCUT2D eigenvalue weighted by molar-refractivity contribution is -0.153. The Morgan fingerprint density at radius 2 is 2.25 bits per heavy atom. The first-order chi connectivity index (χ1) is 7.60. The summed E-state index contributed by atoms with van der Waals surface area (Å²) in [5.74, 6) is -0.859. The molecule has 0 aliphatic carbocycles. The number of phenols is 1. The molecular weight excluding hydrogens is 228 g/mol. The molecule has 0 heterocycles. The lowest BCUT2D eigenvalue weighted by atomic mass is 10.1. The maximum absolute atomic E-state index is 11.3. The number of aliphatic hydroxyl groups is 1. The highest BCUT2D eigenvalue weighted by atomic mass is 32.2. The minimum atomic E-state index is -1.43. The highest BCUT2D eigenvalue weighted by Gasteiger charge is 2.21. The first kappa shape index (κ1) is 12.9. The predicted molar refractivity (Wildman–Crippen MR) is 61.5 cm³/mol. The summed E-state index contributed by atoms with van der Waals surface area (Å²) in [6.45, 7) is 1.85. The van der Waals surface area contributed by atoms with Crippen LogP contribution in [0.2, 0.25) is 0 Å². The number of hydrogen-bond donors (Lipinski definition) is 2. The average molecular weight is 242 g/mol. The van der Waals surface area contributed by atoms with Crippen molar-refractivity contribution in [3.63, 3.8) is 0 Å². The van der Waals surface area contributed by atoms with E-state index in [0.29, 0.717) is 0 Å². The second-order valence-corrected chi connectivity index (χ2v) is 3.96. The minimum absolute atomic E-state index is 0.104. The zero-order valence-corrected chi connectivity index (χ0v) is 9.95. The second kappa shape index (κ2) is 5.77. The Hall–Kier alpha value is -1.20. The van der Waals surface area contributed by atoms with Gasteiger partial charge in [-0.15, -0.1) is 11.8 Å². The van der Waals surface area contributed by atoms with E-state index in [-0.39, 0.29) is 17.9 Å². The number of esters is 1. The number of ether oxygens (including phenoxy) is 1. The summed E-state index contributed by atoms with van der Waals surface area (Å²) in [6.07, 6.45) is 0.437. The predicted octanol–water partition coefficient (Wildman–Crippen LogP) is 1.71. The Labute approximate surface area is 98.2 Å². The zero-order valence-electron chi connectivity index (χ0n) is 9.14. The van der Waals surface area contributed by atoms with E-state index < -0.39 is 12.1 Å². The number of carbonyl (C=O) groups is 1. The number of phenolic OH excluding ortho intramolecular Hbond substituents is 1. The van der Waals surface area contributed by atoms with Crippen LogP contribution in [0.25, 0.3) is 0 Å². The van der Waals surface area contributed by atoms with Gasteiger partial charge in [-0.2, -0.15) is 0 Å². The van der Waals surface area contributed by atoms with Crippen molar-refractivity contribution >= 4 is 17.7 Å². The van der Waals surface area contributed by atoms with Crippen LogP contribution in [0.3, 0.4) is 0 Å². The molecule has 4 nitrogen and oxygen atoms in total. The van der Waals surface area contributed by atoms with Crippen molar-refractivity contribution in [2.45, 2.75) is 17.9 Å². The van der Waals surface area contributed by atoms with Gasteiger partial charge in [0.15, 0.2) is 6.10 Å². The van der Waals surface area contributed by atoms with Crippen LogP contribution in [0.15, 0.2) is 23.1 Å². The molecule has 0 saturated heterocycles. The fraction of sp³-hybridized carbons (Fsp3) is 0.364. The van der Waals surface area contributed by atoms with Crippen molar-refractivity contribution in [1.29, 1.82) is 0 Å². The molecule has 1 atom stereocenters. The molecule has 0 spiro atoms. The molecule has 1 aromatic rings. The van der Waals surface area contributed by atoms with E-state index >= 15 is 0 Å². The molecule has 0 amide bonds. The number of rotatable bonds is 4. The lowest BCUT2D eigenvalue weighted by Gasteiger charge is -2.12. The number of aromatic hydroxyl groups is 1. The van der Waals surface area contributed by atoms with E-state index in [1.54, 1.807) is 13.0 Å². The van der Waals surface area contributed by atoms with E-state index in [1.807, 2.05) is 6.26 Å². The summed E-state index contributed by atoms with van der Waals surface area (Å²) >= 11 is 1.46. The van der Waals surface area contributed by atoms with Gasteiger partial charge >= 0.3 is 5.97 Å². The van der Waals surface area contributed by atoms with Crippen LogP contribution in [-0.4, -0.2) is 29.0 Å². The fourth-order valence-electron chi connectivity index (χ4n) is 1.23. The molecule has 0 radical (unpaired) electrons. The Morgan fingerprint density at radius 3 is 2.75 bits per heavy atom. The molecule has 0 aromatic heterocycles. The van der Waals surface area contributed by atoms with Crippen LogP contribution in [0.5, 0.6) is 5.75 Å². The molecule has 0 aliphatic heterocycles. The van der Waals surface area contributed by atoms with Crippen molar-refractivity contribution in [3.8, 4) is 5.75 Å². The molecular formula is C11H14O4S. The monoisotopic (exact) mass is 242 g/mol. The summed E-state index contributed by atoms with van der Waals surface area (Å²) < 4.78 is 4.66. The Morgan fingerprint density at radius 1 is 1.56 bits per heavy atom. The van der Waals surface area contributed by atoms with Crippen molar-refractivity contribution < 1.29 is 19.7 Å². The summed E-state index contributed by atoms with van der Waals surface area (Å²) in [6, 6.07) is 4.74. The van der Waals surface area contributed by atoms with Crippen LogP contribution in [0.4, 0.5) is 0 Å². The summed E-state index contributed by atoms with van der Waals surface area (Å²) in [5, 5.41) is 19.3. The second-order valence-electron chi connectivity index (χ2n) is 3.08. The molecule has 0 saturated carbocycles. The van der Waals surface area contributed by atoms with Gasteiger partial charge in [0, 0.05) is 10.5 Å². The number of aliphatic hydroxyl groups excluding tert-OH is 1. The Bertz CT molecular complexity index is 378. The third-order valence-electron chi connectivity index (χ3n) is 2.04. The standard InChI is InChI=1S/C11H14O4S/c1-3-15-11(14)10(13)8-5-4-7(16-2)6-9(8)12/h4-6,10,12-13H,3H2,1-2H3. The van der Waals surface area contributed by atoms with Crippen molar-refractivity contribution in [1.82, 2.24) is 0 Å². The molecule has 1 unspecified atom stereocenters. The van der Waals surface area contributed by atoms with Gasteiger partial charge in [0.25, 0.3) is 0 Å². The molecule has 0 fully saturated rings. The topological polar surface area (TPSA) is 66.8 Å². The first-order valence-corrected chi connectivity index (χ1v) is 6.04. The van der Waals surface area contributed by atoms with Crippen LogP contribution < -0.4 is 0 Å². The zero-order chi connectivity index (χ0) is 12.1. The summed E-state index contributed by atoms with van der Waals surface area (Å²) in [5.41, 5.74) is 0.163. The lowest BCUT2D eigenvalue weighted by Crippen LogP contribution is -2.15. The maximum atomic E-state index is 11.3. The Balaban J connectivity index is 2.91. The summed E-state index contributed by atoms with van der Waals surface area (Å²) in [4.78, 5) is 12.1. The van der Waals surface area contributed by atoms with E-state index in [9.17, 15) is 15.0 Å². The molecule has 1 aromatic carbocycles. The van der Waals surface area contributed by atoms with Crippen molar-refractivity contribution in [2.24, 2.45) is 0 Å². The molecule has 5 heteroatoms. The van der Waals surface area contributed by atoms with Gasteiger partial charge in [-0.3, -0.25) is 0 Å². The van der Waals surface area contributed by atoms with Gasteiger partial charge in [-0.25, -0.2) is 4.79 Å². The fourth-order valence-corrected chi connectivity index (χ4v) is 1.66. The van der Waals surface area contributed by atoms with Gasteiger partial charge in [-0.05, 0) is 25.3 Å². The van der Waals surface area contributed by atoms with E-state index in [2.05, 4.69) is 4.74 Å². The van der Waals surface area contributed by atoms with Crippen molar-refractivity contribution in [2.75, 3.05) is 12.9 Å². The number of thioether (sulfide) groups is 1. The molecule has 88 valence electrons. The normalized spacial score (nSPS) is 12.2. The van der Waals surface area contributed by atoms with E-state index in [1.165, 1.54) is 23.9 Å². The van der Waals surface area contributed by atoms with Gasteiger partial charge in [-0.1, -0.05) is 6.07 Å². The SMILES string of the molecule is CCOC(=O)C(O)c1ccc(SC)cc1O. The van der Waals surface area contributed by atoms with Crippen molar-refractivity contribution in [3.05, 3.63) is 23.8 Å². The van der Waals surface area contributed by atoms with E-state index in [0.717, 1.165) is 4.90 Å². The van der Waals surface area contributed by atoms with Gasteiger partial charge < -0.3 is 14.9 Å². The largest absolute Gasteiger partial charge is 0.508 e. The van der Waals surface area contributed by atoms with Crippen LogP contribution in [0, 0.1) is 0 Å².